The van der Waals surface area contributed by atoms with E-state index in [1.807, 2.05) is 278 Å². The molecule has 33 heteroatoms. The van der Waals surface area contributed by atoms with Gasteiger partial charge in [-0.25, -0.2) is 4.85 Å². The van der Waals surface area contributed by atoms with Crippen molar-refractivity contribution in [2.24, 2.45) is 11.5 Å². The molecular formula is C112H137N17O16. The molecule has 0 amide bonds. The predicted molar refractivity (Wildman–Crippen MR) is 583 cm³/mol. The molecule has 6 aromatic carbocycles. The zero-order valence-corrected chi connectivity index (χ0v) is 87.1. The van der Waals surface area contributed by atoms with Crippen LogP contribution in [0.4, 0.5) is 5.69 Å². The normalized spacial score (nSPS) is 11.2. The molecule has 0 fully saturated rings. The Labute approximate surface area is 842 Å². The monoisotopic (exact) mass is 1980 g/mol. The van der Waals surface area contributed by atoms with Crippen LogP contribution in [0.5, 0.6) is 40.5 Å². The van der Waals surface area contributed by atoms with E-state index < -0.39 is 0 Å². The minimum atomic E-state index is -0.139. The lowest BCUT2D eigenvalue weighted by atomic mass is 10.1. The molecule has 0 spiro atoms. The number of ether oxygens (including phenoxy) is 7. The SMILES string of the molecule is CC(C)n1c(=O)ccc2ccc(OCCN(C)C)cc21.CC(C)n1c(=O)ccc2ccc(OCCN)cc21.CC(C)n1c(=O)ccc2ccc(OCCN)nc21.CNCCOc1ccc2ccc(=O)n(C(C)C)c2c1.CNCCOc1ccc2ccc(=O)n(C(C)C)c2n1.COc1ccc2c3conc3c(=O)n(C(C)C)c2c1.COc1ccc2ccc(=O)n(C(C)C)c2c1.[C-]#[N+]c1ccc2ccc(=O)n(C(C)C)c2c1. The largest absolute Gasteiger partial charge is 0.497 e. The number of likely N-dealkylation sites (N-methyl/N-ethyl adjacent to an activating group) is 3. The van der Waals surface area contributed by atoms with Crippen molar-refractivity contribution in [3.8, 4) is 40.5 Å². The van der Waals surface area contributed by atoms with Gasteiger partial charge >= 0.3 is 0 Å². The summed E-state index contributed by atoms with van der Waals surface area (Å²) >= 11 is 0. The third kappa shape index (κ3) is 28.8. The average molecular weight is 1980 g/mol. The highest BCUT2D eigenvalue weighted by atomic mass is 16.5. The van der Waals surface area contributed by atoms with E-state index in [2.05, 4.69) is 35.5 Å². The molecule has 33 nitrogen and oxygen atoms in total. The van der Waals surface area contributed by atoms with Crippen LogP contribution in [0.1, 0.15) is 159 Å². The molecule has 766 valence electrons. The second-order valence-corrected chi connectivity index (χ2v) is 36.6. The van der Waals surface area contributed by atoms with Gasteiger partial charge in [0.1, 0.15) is 79.3 Å². The van der Waals surface area contributed by atoms with E-state index in [9.17, 15) is 38.4 Å². The first-order valence-corrected chi connectivity index (χ1v) is 48.6. The van der Waals surface area contributed by atoms with E-state index >= 15 is 0 Å². The van der Waals surface area contributed by atoms with Crippen molar-refractivity contribution >= 4 is 104 Å². The smallest absolute Gasteiger partial charge is 0.281 e. The number of nitrogens with one attached hydrogen (secondary N) is 2. The van der Waals surface area contributed by atoms with Crippen molar-refractivity contribution in [3.63, 3.8) is 0 Å². The number of hydrogen-bond acceptors (Lipinski definition) is 24. The van der Waals surface area contributed by atoms with Gasteiger partial charge in [-0.05, 0) is 287 Å². The predicted octanol–water partition coefficient (Wildman–Crippen LogP) is 18.0. The number of rotatable bonds is 28. The number of benzene rings is 6. The van der Waals surface area contributed by atoms with Gasteiger partial charge in [0, 0.05) is 188 Å². The van der Waals surface area contributed by atoms with E-state index in [4.69, 9.17) is 55.7 Å². The molecule has 6 N–H and O–H groups in total. The molecule has 17 aromatic rings. The fourth-order valence-corrected chi connectivity index (χ4v) is 16.3. The van der Waals surface area contributed by atoms with Gasteiger partial charge in [-0.3, -0.25) is 47.5 Å². The van der Waals surface area contributed by atoms with Gasteiger partial charge in [-0.2, -0.15) is 9.97 Å². The summed E-state index contributed by atoms with van der Waals surface area (Å²) in [6.45, 7) is 44.7. The Morgan fingerprint density at radius 1 is 0.338 bits per heavy atom. The van der Waals surface area contributed by atoms with Gasteiger partial charge in [0.2, 0.25) is 11.8 Å². The lowest BCUT2D eigenvalue weighted by Gasteiger charge is -2.15. The summed E-state index contributed by atoms with van der Waals surface area (Å²) in [4.78, 5) is 110. The van der Waals surface area contributed by atoms with Crippen LogP contribution in [-0.4, -0.2) is 165 Å². The van der Waals surface area contributed by atoms with Crippen molar-refractivity contribution in [1.82, 2.24) is 67.2 Å². The molecular weight excluding hydrogens is 1840 g/mol. The molecule has 145 heavy (non-hydrogen) atoms. The number of nitrogens with two attached hydrogens (primary N) is 2. The van der Waals surface area contributed by atoms with E-state index in [1.165, 1.54) is 6.26 Å². The maximum atomic E-state index is 12.4. The summed E-state index contributed by atoms with van der Waals surface area (Å²) in [6.07, 6.45) is 1.51. The van der Waals surface area contributed by atoms with Crippen LogP contribution in [0.2, 0.25) is 0 Å². The molecule has 0 saturated heterocycles. The lowest BCUT2D eigenvalue weighted by molar-refractivity contribution is 0.261. The Hall–Kier alpha value is -15.3. The van der Waals surface area contributed by atoms with Crippen LogP contribution in [0.25, 0.3) is 103 Å². The fourth-order valence-electron chi connectivity index (χ4n) is 16.3. The molecule has 11 heterocycles. The molecule has 0 aliphatic heterocycles. The summed E-state index contributed by atoms with van der Waals surface area (Å²) in [5.74, 6) is 4.87. The van der Waals surface area contributed by atoms with E-state index in [1.54, 1.807) is 130 Å². The zero-order valence-electron chi connectivity index (χ0n) is 87.1. The molecule has 0 atom stereocenters. The maximum absolute atomic E-state index is 12.4. The molecule has 0 unspecified atom stereocenters. The first kappa shape index (κ1) is 112. The summed E-state index contributed by atoms with van der Waals surface area (Å²) in [6, 6.07) is 66.4. The number of methoxy groups -OCH3 is 2. The van der Waals surface area contributed by atoms with Gasteiger partial charge in [0.25, 0.3) is 44.5 Å². The van der Waals surface area contributed by atoms with Gasteiger partial charge < -0.3 is 92.1 Å². The quantitative estimate of drug-likeness (QED) is 0.0261. The van der Waals surface area contributed by atoms with Gasteiger partial charge in [-0.15, -0.1) is 0 Å². The van der Waals surface area contributed by atoms with Crippen LogP contribution in [0.3, 0.4) is 0 Å². The minimum absolute atomic E-state index is 0.00785. The molecule has 0 bridgehead atoms. The number of fused-ring (bicyclic) bond motifs is 10. The van der Waals surface area contributed by atoms with Crippen molar-refractivity contribution in [2.45, 2.75) is 159 Å². The van der Waals surface area contributed by atoms with Gasteiger partial charge in [0.05, 0.1) is 53.8 Å². The lowest BCUT2D eigenvalue weighted by Crippen LogP contribution is -2.22. The van der Waals surface area contributed by atoms with Crippen LogP contribution < -0.4 is 99.7 Å². The van der Waals surface area contributed by atoms with Crippen LogP contribution >= 0.6 is 0 Å². The van der Waals surface area contributed by atoms with Crippen molar-refractivity contribution in [3.05, 3.63) is 319 Å². The summed E-state index contributed by atoms with van der Waals surface area (Å²) in [7, 11) is 11.0. The maximum Gasteiger partial charge on any atom is 0.281 e. The van der Waals surface area contributed by atoms with Crippen LogP contribution in [0.15, 0.2) is 268 Å². The Balaban J connectivity index is 0.000000170. The van der Waals surface area contributed by atoms with E-state index in [-0.39, 0.29) is 92.8 Å². The molecule has 11 aromatic heterocycles. The molecule has 0 saturated carbocycles. The number of pyridine rings is 10. The van der Waals surface area contributed by atoms with Crippen molar-refractivity contribution in [2.75, 3.05) is 108 Å². The third-order valence-corrected chi connectivity index (χ3v) is 23.1. The average Bonchev–Trinajstić information content (AvgIpc) is 1.70. The first-order valence-electron chi connectivity index (χ1n) is 48.6. The van der Waals surface area contributed by atoms with Gasteiger partial charge in [0.15, 0.2) is 11.2 Å². The standard InChI is InChI=1S/C16H22N2O2.C15H20N2O2.C14H19N3O2.C14H14N2O3.C14H18N2O2.C13H17N3O2.C13H12N2O.C13H15NO2/c1-12(2)18-15-11-14(20-10-9-17(3)4)7-5-13(15)6-8-16(18)19;1-11(2)17-14-10-13(19-9-8-16-3)6-4-12(14)5-7-15(17)18;1-10(2)17-13(18)7-5-11-4-6-12(16-14(11)17)19-9-8-15-3;1-8(2)16-12-6-9(18-3)4-5-10(12)11-7-19-15-13(11)14(16)17;1-10(2)16-13-9-12(18-8-7-15)5-3-11(13)4-6-14(16)17;1-9(2)16-12(17)6-4-10-3-5-11(15-13(10)16)18-8-7-14;1-9(2)15-12-8-11(14-3)6-4-10(12)5-7-13(15)16;1-9(2)14-12-8-11(16-3)6-4-10(12)5-7-13(14)15/h5-8,11-12H,9-10H2,1-4H3;4-7,10-11,16H,8-9H2,1-3H3;4-7,10,15H,8-9H2,1-3H3;4-8H,1-3H3;3-6,9-10H,7-8,15H2,1-2H3;3-6,9H,7-8,14H2,1-2H3;4-9H,1-2H3;4-9H,1-3H3. The summed E-state index contributed by atoms with van der Waals surface area (Å²) in [5, 5.41) is 18.6. The topological polar surface area (TPSA) is 376 Å². The Bertz CT molecular complexity index is 7630. The second kappa shape index (κ2) is 53.1. The van der Waals surface area contributed by atoms with Crippen LogP contribution in [0, 0.1) is 6.57 Å². The number of nitrogens with zero attached hydrogens (tertiary/aromatic N) is 13. The van der Waals surface area contributed by atoms with E-state index in [0.29, 0.717) is 80.4 Å². The first-order chi connectivity index (χ1) is 69.4. The van der Waals surface area contributed by atoms with Gasteiger partial charge in [-0.1, -0.05) is 17.3 Å². The van der Waals surface area contributed by atoms with Crippen molar-refractivity contribution < 1.29 is 37.7 Å². The molecule has 0 radical (unpaired) electrons. The Morgan fingerprint density at radius 2 is 0.628 bits per heavy atom. The number of aromatic nitrogens is 11. The molecule has 17 rings (SSSR count). The highest BCUT2D eigenvalue weighted by Gasteiger charge is 2.20. The Morgan fingerprint density at radius 3 is 0.979 bits per heavy atom. The molecule has 0 aliphatic carbocycles. The summed E-state index contributed by atoms with van der Waals surface area (Å²) in [5.41, 5.74) is 18.2. The third-order valence-electron chi connectivity index (χ3n) is 23.1. The summed E-state index contributed by atoms with van der Waals surface area (Å²) < 4.78 is 57.1. The Kier molecular flexibility index (Phi) is 40.9. The fraction of sp³-hybridized carbons (Fsp3) is 0.357. The molecule has 0 aliphatic rings. The van der Waals surface area contributed by atoms with Crippen LogP contribution in [-0.2, 0) is 0 Å². The highest BCUT2D eigenvalue weighted by Crippen LogP contribution is 2.32. The van der Waals surface area contributed by atoms with Crippen molar-refractivity contribution in [1.29, 1.82) is 0 Å². The highest BCUT2D eigenvalue weighted by molar-refractivity contribution is 6.04. The zero-order chi connectivity index (χ0) is 106. The minimum Gasteiger partial charge on any atom is -0.497 e. The second-order valence-electron chi connectivity index (χ2n) is 36.6. The number of hydrogen-bond donors (Lipinski definition) is 4. The van der Waals surface area contributed by atoms with E-state index in [0.717, 1.165) is 130 Å².